The molecule has 4 heterocycles. The summed E-state index contributed by atoms with van der Waals surface area (Å²) in [6.45, 7) is 12.4. The minimum absolute atomic E-state index is 0. The molecule has 323 valence electrons. The molecule has 9 aromatic rings. The SMILES string of the molecule is [2H]C([2H])([2H])c1c[c-]c(-c2nc3ccccc3n2-c2c(C(C)C)cc(-c3ccccc3)cc2C(C)C)c2oc3ncccc3c12.[2H]C([2H])(c1cc(-c2[c-]cccc2)nc[c]1[Ge]([CH3])([CH3])[CH3])C(C)(C)C.[Ir]. The van der Waals surface area contributed by atoms with E-state index in [-0.39, 0.29) is 37.5 Å². The summed E-state index contributed by atoms with van der Waals surface area (Å²) in [5, 5.41) is 1.18. The van der Waals surface area contributed by atoms with Crippen molar-refractivity contribution < 1.29 is 31.4 Å². The summed E-state index contributed by atoms with van der Waals surface area (Å²) in [4.78, 5) is 14.2. The molecule has 0 N–H and O–H groups in total. The summed E-state index contributed by atoms with van der Waals surface area (Å²) in [5.41, 5.74) is 11.2. The number of hydrogen-bond donors (Lipinski definition) is 0. The number of rotatable bonds is 8. The van der Waals surface area contributed by atoms with E-state index in [9.17, 15) is 0 Å². The predicted molar refractivity (Wildman–Crippen MR) is 263 cm³/mol. The Morgan fingerprint density at radius 1 is 0.810 bits per heavy atom. The Kier molecular flexibility index (Phi) is 11.6. The van der Waals surface area contributed by atoms with Gasteiger partial charge in [-0.15, -0.1) is 17.7 Å². The number of benzene rings is 5. The maximum absolute atomic E-state index is 8.76. The molecule has 5 aromatic carbocycles. The molecule has 0 spiro atoms. The molecular weight excluding hydrogens is 1010 g/mol. The van der Waals surface area contributed by atoms with Crippen LogP contribution in [0, 0.1) is 24.4 Å². The first kappa shape index (κ1) is 39.5. The monoisotopic (exact) mass is 1070 g/mol. The number of imidazole rings is 1. The van der Waals surface area contributed by atoms with Crippen molar-refractivity contribution in [1.29, 1.82) is 0 Å². The predicted octanol–water partition coefficient (Wildman–Crippen LogP) is 14.7. The van der Waals surface area contributed by atoms with Gasteiger partial charge in [-0.05, 0) is 70.5 Å². The van der Waals surface area contributed by atoms with Crippen LogP contribution in [0.5, 0.6) is 0 Å². The van der Waals surface area contributed by atoms with Gasteiger partial charge in [0.15, 0.2) is 0 Å². The van der Waals surface area contributed by atoms with Gasteiger partial charge in [0, 0.05) is 41.5 Å². The fourth-order valence-corrected chi connectivity index (χ4v) is 11.0. The summed E-state index contributed by atoms with van der Waals surface area (Å²) in [6.07, 6.45) is 2.15. The minimum Gasteiger partial charge on any atom is 0 e. The van der Waals surface area contributed by atoms with Gasteiger partial charge in [0.2, 0.25) is 5.71 Å². The zero-order valence-corrected chi connectivity index (χ0v) is 42.3. The molecule has 0 bridgehead atoms. The van der Waals surface area contributed by atoms with Crippen molar-refractivity contribution in [3.05, 3.63) is 162 Å². The van der Waals surface area contributed by atoms with Gasteiger partial charge < -0.3 is 8.98 Å². The number of hydrogen-bond acceptors (Lipinski definition) is 4. The van der Waals surface area contributed by atoms with E-state index in [1.54, 1.807) is 18.3 Å². The van der Waals surface area contributed by atoms with Gasteiger partial charge in [-0.1, -0.05) is 88.0 Å². The van der Waals surface area contributed by atoms with Gasteiger partial charge in [0.05, 0.1) is 22.4 Å². The van der Waals surface area contributed by atoms with Gasteiger partial charge in [0.1, 0.15) is 0 Å². The quantitative estimate of drug-likeness (QED) is 0.112. The summed E-state index contributed by atoms with van der Waals surface area (Å²) in [6, 6.07) is 44.5. The normalized spacial score (nSPS) is 13.6. The van der Waals surface area contributed by atoms with E-state index in [0.717, 1.165) is 37.9 Å². The van der Waals surface area contributed by atoms with Gasteiger partial charge in [-0.3, -0.25) is 4.98 Å². The van der Waals surface area contributed by atoms with Crippen LogP contribution >= 0.6 is 0 Å². The summed E-state index contributed by atoms with van der Waals surface area (Å²) in [7, 11) is 0. The van der Waals surface area contributed by atoms with Gasteiger partial charge in [-0.25, -0.2) is 4.98 Å². The molecule has 4 aromatic heterocycles. The third kappa shape index (κ3) is 9.55. The molecule has 0 aliphatic carbocycles. The number of aryl methyl sites for hydroxylation is 1. The van der Waals surface area contributed by atoms with Crippen molar-refractivity contribution >= 4 is 50.8 Å². The molecule has 5 nitrogen and oxygen atoms in total. The fourth-order valence-electron chi connectivity index (χ4n) is 8.12. The summed E-state index contributed by atoms with van der Waals surface area (Å²) >= 11 is -2.24. The number of nitrogens with zero attached hydrogens (tertiary/aromatic N) is 4. The molecular formula is C56H58GeIrN4O-2. The molecule has 0 unspecified atom stereocenters. The van der Waals surface area contributed by atoms with E-state index in [1.165, 1.54) is 22.3 Å². The topological polar surface area (TPSA) is 56.7 Å². The summed E-state index contributed by atoms with van der Waals surface area (Å²) < 4.78 is 52.1. The van der Waals surface area contributed by atoms with Crippen molar-refractivity contribution in [3.63, 3.8) is 0 Å². The molecule has 0 aliphatic rings. The van der Waals surface area contributed by atoms with Crippen molar-refractivity contribution in [2.75, 3.05) is 0 Å². The Morgan fingerprint density at radius 2 is 1.51 bits per heavy atom. The number of furan rings is 1. The molecule has 0 amide bonds. The second-order valence-corrected chi connectivity index (χ2v) is 29.3. The standard InChI is InChI=1S/C37H32N3O.C19H26GeN.Ir/c1-22(2)29-20-26(25-12-7-6-8-13-25)21-30(23(3)4)34(29)40-32-16-10-9-15-31(32)39-36(40)28-18-17-24(5)33-27-14-11-19-38-37(27)41-35(28)33;1-19(2,3)13-16-12-18(15-10-8-7-9-11-15)21-14-17(16)20(4,5)6;/h6-17,19-23H,1-5H3;7-10,12,14H,13H2,1-6H3;/q2*-1;/i5D3;13D2;. The molecule has 0 fully saturated rings. The third-order valence-corrected chi connectivity index (χ3v) is 15.3. The minimum atomic E-state index is -2.36. The first-order valence-electron chi connectivity index (χ1n) is 24.0. The van der Waals surface area contributed by atoms with E-state index >= 15 is 0 Å². The Labute approximate surface area is 397 Å². The Hall–Kier alpha value is -5.14. The molecule has 1 radical (unpaired) electrons. The first-order chi connectivity index (χ1) is 31.6. The van der Waals surface area contributed by atoms with Crippen LogP contribution in [-0.4, -0.2) is 32.8 Å². The third-order valence-electron chi connectivity index (χ3n) is 11.1. The second-order valence-electron chi connectivity index (χ2n) is 18.7. The van der Waals surface area contributed by atoms with Crippen LogP contribution in [0.3, 0.4) is 0 Å². The maximum Gasteiger partial charge on any atom is 0 e. The molecule has 0 aliphatic heterocycles. The first-order valence-corrected chi connectivity index (χ1v) is 28.8. The largest absolute Gasteiger partial charge is 0 e. The molecule has 63 heavy (non-hydrogen) atoms. The molecule has 0 saturated carbocycles. The van der Waals surface area contributed by atoms with Crippen molar-refractivity contribution in [3.8, 4) is 39.5 Å². The summed E-state index contributed by atoms with van der Waals surface area (Å²) in [5.74, 6) is 7.91. The Bertz CT molecular complexity index is 3210. The van der Waals surface area contributed by atoms with Gasteiger partial charge >= 0.3 is 135 Å². The zero-order chi connectivity index (χ0) is 48.2. The average Bonchev–Trinajstić information content (AvgIpc) is 3.87. The van der Waals surface area contributed by atoms with E-state index in [0.29, 0.717) is 33.5 Å². The van der Waals surface area contributed by atoms with Crippen molar-refractivity contribution in [2.24, 2.45) is 5.41 Å². The van der Waals surface area contributed by atoms with Crippen LogP contribution in [0.4, 0.5) is 0 Å². The van der Waals surface area contributed by atoms with Crippen molar-refractivity contribution in [1.82, 2.24) is 19.5 Å². The average molecular weight is 1070 g/mol. The van der Waals surface area contributed by atoms with Crippen LogP contribution in [0.15, 0.2) is 132 Å². The zero-order valence-electron chi connectivity index (χ0n) is 42.8. The van der Waals surface area contributed by atoms with Crippen LogP contribution in [0.1, 0.15) is 89.4 Å². The van der Waals surface area contributed by atoms with Gasteiger partial charge in [0.25, 0.3) is 0 Å². The Morgan fingerprint density at radius 3 is 2.16 bits per heavy atom. The second kappa shape index (κ2) is 18.5. The molecule has 9 rings (SSSR count). The van der Waals surface area contributed by atoms with Crippen LogP contribution in [0.25, 0.3) is 72.6 Å². The van der Waals surface area contributed by atoms with Crippen LogP contribution in [-0.2, 0) is 26.5 Å². The number of pyridine rings is 2. The molecule has 7 heteroatoms. The van der Waals surface area contributed by atoms with E-state index in [4.69, 9.17) is 16.3 Å². The Balaban J connectivity index is 0.000000242. The van der Waals surface area contributed by atoms with Gasteiger partial charge in [-0.2, -0.15) is 0 Å². The van der Waals surface area contributed by atoms with Crippen molar-refractivity contribution in [2.45, 2.75) is 90.8 Å². The van der Waals surface area contributed by atoms with E-state index in [1.807, 2.05) is 87.6 Å². The van der Waals surface area contributed by atoms with Crippen LogP contribution < -0.4 is 4.40 Å². The number of para-hydroxylation sites is 2. The fraction of sp³-hybridized carbons (Fsp3) is 0.268. The number of aromatic nitrogens is 4. The maximum atomic E-state index is 8.76. The van der Waals surface area contributed by atoms with E-state index < -0.39 is 31.9 Å². The smallest absolute Gasteiger partial charge is 0 e. The molecule has 0 atom stereocenters. The van der Waals surface area contributed by atoms with Crippen LogP contribution in [0.2, 0.25) is 17.3 Å². The number of fused-ring (bicyclic) bond motifs is 4. The molecule has 0 saturated heterocycles. The van der Waals surface area contributed by atoms with E-state index in [2.05, 4.69) is 114 Å².